The van der Waals surface area contributed by atoms with E-state index in [9.17, 15) is 14.0 Å². The predicted octanol–water partition coefficient (Wildman–Crippen LogP) is 3.58. The predicted molar refractivity (Wildman–Crippen MR) is 102 cm³/mol. The molecular weight excluding hydrogens is 343 g/mol. The first kappa shape index (κ1) is 17.2. The Labute approximate surface area is 156 Å². The van der Waals surface area contributed by atoms with Crippen LogP contribution < -0.4 is 0 Å². The Bertz CT molecular complexity index is 1010. The van der Waals surface area contributed by atoms with Crippen molar-refractivity contribution in [1.82, 2.24) is 9.80 Å². The van der Waals surface area contributed by atoms with Gasteiger partial charge < -0.3 is 9.80 Å². The number of halogens is 1. The molecule has 0 unspecified atom stereocenters. The topological polar surface area (TPSA) is 40.6 Å². The molecule has 3 aromatic carbocycles. The Kier molecular flexibility index (Phi) is 4.59. The normalized spacial score (nSPS) is 14.4. The molecule has 0 saturated carbocycles. The fourth-order valence-corrected chi connectivity index (χ4v) is 3.42. The summed E-state index contributed by atoms with van der Waals surface area (Å²) in [5, 5.41) is 2.12. The zero-order chi connectivity index (χ0) is 18.8. The van der Waals surface area contributed by atoms with Crippen molar-refractivity contribution in [1.29, 1.82) is 0 Å². The van der Waals surface area contributed by atoms with Gasteiger partial charge in [0, 0.05) is 31.7 Å². The molecule has 4 rings (SSSR count). The van der Waals surface area contributed by atoms with E-state index >= 15 is 0 Å². The first-order valence-corrected chi connectivity index (χ1v) is 8.95. The molecule has 0 N–H and O–H groups in total. The molecule has 0 bridgehead atoms. The standard InChI is InChI=1S/C22H19FN2O2/c23-20-8-4-3-7-19(20)22(27)25-13-11-24(12-14-25)21(26)18-10-9-16-5-1-2-6-17(16)15-18/h1-10,15H,11-14H2. The van der Waals surface area contributed by atoms with E-state index < -0.39 is 5.82 Å². The van der Waals surface area contributed by atoms with Gasteiger partial charge in [0.1, 0.15) is 5.82 Å². The van der Waals surface area contributed by atoms with Crippen molar-refractivity contribution >= 4 is 22.6 Å². The summed E-state index contributed by atoms with van der Waals surface area (Å²) in [5.41, 5.74) is 0.717. The maximum Gasteiger partial charge on any atom is 0.256 e. The monoisotopic (exact) mass is 362 g/mol. The van der Waals surface area contributed by atoms with Crippen LogP contribution in [0.2, 0.25) is 0 Å². The summed E-state index contributed by atoms with van der Waals surface area (Å²) in [6.45, 7) is 1.66. The highest BCUT2D eigenvalue weighted by molar-refractivity contribution is 5.99. The molecule has 0 aromatic heterocycles. The minimum absolute atomic E-state index is 0.0428. The minimum atomic E-state index is -0.517. The molecule has 0 spiro atoms. The number of amides is 2. The lowest BCUT2D eigenvalue weighted by molar-refractivity contribution is 0.0533. The molecule has 1 saturated heterocycles. The van der Waals surface area contributed by atoms with E-state index in [1.165, 1.54) is 12.1 Å². The number of hydrogen-bond acceptors (Lipinski definition) is 2. The number of rotatable bonds is 2. The van der Waals surface area contributed by atoms with E-state index in [1.807, 2.05) is 42.5 Å². The number of fused-ring (bicyclic) bond motifs is 1. The SMILES string of the molecule is O=C(c1ccc2ccccc2c1)N1CCN(C(=O)c2ccccc2F)CC1. The summed E-state index contributed by atoms with van der Waals surface area (Å²) in [5.74, 6) is -0.887. The highest BCUT2D eigenvalue weighted by atomic mass is 19.1. The summed E-state index contributed by atoms with van der Waals surface area (Å²) in [6.07, 6.45) is 0. The van der Waals surface area contributed by atoms with Crippen LogP contribution in [-0.2, 0) is 0 Å². The zero-order valence-corrected chi connectivity index (χ0v) is 14.8. The van der Waals surface area contributed by atoms with Gasteiger partial charge in [-0.3, -0.25) is 9.59 Å². The lowest BCUT2D eigenvalue weighted by Crippen LogP contribution is -2.50. The van der Waals surface area contributed by atoms with Crippen LogP contribution in [0.15, 0.2) is 66.7 Å². The van der Waals surface area contributed by atoms with Gasteiger partial charge in [-0.2, -0.15) is 0 Å². The quantitative estimate of drug-likeness (QED) is 0.699. The second-order valence-electron chi connectivity index (χ2n) is 6.63. The minimum Gasteiger partial charge on any atom is -0.335 e. The van der Waals surface area contributed by atoms with Gasteiger partial charge in [-0.25, -0.2) is 4.39 Å². The van der Waals surface area contributed by atoms with E-state index in [4.69, 9.17) is 0 Å². The van der Waals surface area contributed by atoms with Crippen LogP contribution in [0.25, 0.3) is 10.8 Å². The zero-order valence-electron chi connectivity index (χ0n) is 14.8. The van der Waals surface area contributed by atoms with Crippen molar-refractivity contribution in [2.45, 2.75) is 0 Å². The third kappa shape index (κ3) is 3.40. The number of nitrogens with zero attached hydrogens (tertiary/aromatic N) is 2. The third-order valence-electron chi connectivity index (χ3n) is 4.95. The summed E-state index contributed by atoms with van der Waals surface area (Å²) in [6, 6.07) is 19.6. The first-order valence-electron chi connectivity index (χ1n) is 8.95. The van der Waals surface area contributed by atoms with E-state index in [0.29, 0.717) is 31.7 Å². The van der Waals surface area contributed by atoms with Gasteiger partial charge in [-0.1, -0.05) is 42.5 Å². The fourth-order valence-electron chi connectivity index (χ4n) is 3.42. The Hall–Kier alpha value is -3.21. The van der Waals surface area contributed by atoms with Gasteiger partial charge in [0.05, 0.1) is 5.56 Å². The summed E-state index contributed by atoms with van der Waals surface area (Å²) < 4.78 is 13.8. The largest absolute Gasteiger partial charge is 0.335 e. The molecule has 5 heteroatoms. The highest BCUT2D eigenvalue weighted by Crippen LogP contribution is 2.18. The molecule has 27 heavy (non-hydrogen) atoms. The molecule has 3 aromatic rings. The van der Waals surface area contributed by atoms with Gasteiger partial charge in [0.15, 0.2) is 0 Å². The molecule has 0 radical (unpaired) electrons. The fraction of sp³-hybridized carbons (Fsp3) is 0.182. The van der Waals surface area contributed by atoms with Gasteiger partial charge in [0.25, 0.3) is 11.8 Å². The van der Waals surface area contributed by atoms with Crippen LogP contribution in [0.3, 0.4) is 0 Å². The Morgan fingerprint density at radius 3 is 2.00 bits per heavy atom. The first-order chi connectivity index (χ1) is 13.1. The molecule has 1 heterocycles. The smallest absolute Gasteiger partial charge is 0.256 e. The lowest BCUT2D eigenvalue weighted by atomic mass is 10.1. The van der Waals surface area contributed by atoms with E-state index in [-0.39, 0.29) is 17.4 Å². The maximum absolute atomic E-state index is 13.8. The summed E-state index contributed by atoms with van der Waals surface area (Å²) in [7, 11) is 0. The Morgan fingerprint density at radius 1 is 0.704 bits per heavy atom. The van der Waals surface area contributed by atoms with Gasteiger partial charge in [-0.15, -0.1) is 0 Å². The second-order valence-corrected chi connectivity index (χ2v) is 6.63. The summed E-state index contributed by atoms with van der Waals surface area (Å²) >= 11 is 0. The lowest BCUT2D eigenvalue weighted by Gasteiger charge is -2.35. The molecule has 1 fully saturated rings. The molecule has 0 atom stereocenters. The van der Waals surface area contributed by atoms with Crippen LogP contribution in [0, 0.1) is 5.82 Å². The van der Waals surface area contributed by atoms with Crippen LogP contribution in [0.5, 0.6) is 0 Å². The molecule has 0 aliphatic carbocycles. The number of hydrogen-bond donors (Lipinski definition) is 0. The Morgan fingerprint density at radius 2 is 1.30 bits per heavy atom. The van der Waals surface area contributed by atoms with Crippen molar-refractivity contribution in [2.75, 3.05) is 26.2 Å². The van der Waals surface area contributed by atoms with Crippen molar-refractivity contribution in [2.24, 2.45) is 0 Å². The maximum atomic E-state index is 13.8. The van der Waals surface area contributed by atoms with Crippen LogP contribution >= 0.6 is 0 Å². The van der Waals surface area contributed by atoms with Crippen molar-refractivity contribution in [3.05, 3.63) is 83.7 Å². The van der Waals surface area contributed by atoms with Gasteiger partial charge in [0.2, 0.25) is 0 Å². The second kappa shape index (κ2) is 7.19. The molecule has 136 valence electrons. The number of benzene rings is 3. The number of carbonyl (C=O) groups is 2. The molecular formula is C22H19FN2O2. The van der Waals surface area contributed by atoms with Gasteiger partial charge >= 0.3 is 0 Å². The average Bonchev–Trinajstić information content (AvgIpc) is 2.73. The van der Waals surface area contributed by atoms with Crippen LogP contribution in [0.1, 0.15) is 20.7 Å². The van der Waals surface area contributed by atoms with Crippen molar-refractivity contribution < 1.29 is 14.0 Å². The number of piperazine rings is 1. The van der Waals surface area contributed by atoms with Crippen molar-refractivity contribution in [3.8, 4) is 0 Å². The van der Waals surface area contributed by atoms with Crippen molar-refractivity contribution in [3.63, 3.8) is 0 Å². The molecule has 4 nitrogen and oxygen atoms in total. The van der Waals surface area contributed by atoms with E-state index in [1.54, 1.807) is 21.9 Å². The molecule has 1 aliphatic heterocycles. The van der Waals surface area contributed by atoms with E-state index in [0.717, 1.165) is 10.8 Å². The average molecular weight is 362 g/mol. The van der Waals surface area contributed by atoms with Crippen LogP contribution in [0.4, 0.5) is 4.39 Å². The Balaban J connectivity index is 1.44. The molecule has 1 aliphatic rings. The molecule has 2 amide bonds. The van der Waals surface area contributed by atoms with E-state index in [2.05, 4.69) is 0 Å². The summed E-state index contributed by atoms with van der Waals surface area (Å²) in [4.78, 5) is 28.6. The number of carbonyl (C=O) groups excluding carboxylic acids is 2. The van der Waals surface area contributed by atoms with Gasteiger partial charge in [-0.05, 0) is 35.0 Å². The highest BCUT2D eigenvalue weighted by Gasteiger charge is 2.26. The van der Waals surface area contributed by atoms with Crippen LogP contribution in [-0.4, -0.2) is 47.8 Å². The third-order valence-corrected chi connectivity index (χ3v) is 4.95.